The van der Waals surface area contributed by atoms with Gasteiger partial charge in [0.2, 0.25) is 0 Å². The number of nitrogens with zero attached hydrogens (tertiary/aromatic N) is 3. The molecule has 0 atom stereocenters. The van der Waals surface area contributed by atoms with Crippen molar-refractivity contribution in [1.82, 2.24) is 9.88 Å². The molecule has 0 amide bonds. The molecule has 0 aliphatic carbocycles. The topological polar surface area (TPSA) is 62.0 Å². The minimum Gasteiger partial charge on any atom is -0.491 e. The highest BCUT2D eigenvalue weighted by Gasteiger charge is 2.20. The largest absolute Gasteiger partial charge is 0.491 e. The quantitative estimate of drug-likeness (QED) is 0.663. The number of pyridine rings is 1. The number of aliphatic hydroxyl groups excluding tert-OH is 1. The standard InChI is InChI=1S/C23H27N3O3/c1-2-25-10-12-26(13-11-25)23-22-19(9-15-29-22)17-20(24-23)8-7-18-5-3-4-6-21(18)28-16-14-27/h3-9,15,17,27H,2,10-14,16H2,1H3/b8-7+. The Morgan fingerprint density at radius 1 is 1.14 bits per heavy atom. The molecule has 1 saturated heterocycles. The van der Waals surface area contributed by atoms with Gasteiger partial charge in [-0.25, -0.2) is 4.98 Å². The number of fused-ring (bicyclic) bond motifs is 1. The van der Waals surface area contributed by atoms with Crippen LogP contribution in [0.5, 0.6) is 5.75 Å². The van der Waals surface area contributed by atoms with E-state index in [1.54, 1.807) is 6.26 Å². The van der Waals surface area contributed by atoms with E-state index in [2.05, 4.69) is 16.7 Å². The third-order valence-electron chi connectivity index (χ3n) is 5.26. The molecule has 0 spiro atoms. The minimum absolute atomic E-state index is 0.00852. The average Bonchev–Trinajstić information content (AvgIpc) is 3.25. The van der Waals surface area contributed by atoms with Gasteiger partial charge in [-0.05, 0) is 36.9 Å². The van der Waals surface area contributed by atoms with Crippen LogP contribution in [0, 0.1) is 0 Å². The SMILES string of the molecule is CCN1CCN(c2nc(/C=C/c3ccccc3OCCO)cc3ccoc23)CC1. The smallest absolute Gasteiger partial charge is 0.176 e. The van der Waals surface area contributed by atoms with E-state index >= 15 is 0 Å². The molecule has 1 N–H and O–H groups in total. The summed E-state index contributed by atoms with van der Waals surface area (Å²) < 4.78 is 11.4. The molecule has 3 heterocycles. The van der Waals surface area contributed by atoms with Crippen molar-refractivity contribution in [2.24, 2.45) is 0 Å². The number of piperazine rings is 1. The lowest BCUT2D eigenvalue weighted by atomic mass is 10.1. The van der Waals surface area contributed by atoms with E-state index in [0.717, 1.165) is 66.5 Å². The molecular weight excluding hydrogens is 366 g/mol. The highest BCUT2D eigenvalue weighted by Crippen LogP contribution is 2.29. The van der Waals surface area contributed by atoms with Gasteiger partial charge in [-0.3, -0.25) is 0 Å². The lowest BCUT2D eigenvalue weighted by Crippen LogP contribution is -2.46. The summed E-state index contributed by atoms with van der Waals surface area (Å²) in [6.45, 7) is 7.52. The Morgan fingerprint density at radius 3 is 2.76 bits per heavy atom. The van der Waals surface area contributed by atoms with E-state index in [9.17, 15) is 0 Å². The molecule has 2 aromatic heterocycles. The van der Waals surface area contributed by atoms with Crippen LogP contribution >= 0.6 is 0 Å². The van der Waals surface area contributed by atoms with Crippen molar-refractivity contribution in [1.29, 1.82) is 0 Å². The van der Waals surface area contributed by atoms with Crippen LogP contribution in [0.2, 0.25) is 0 Å². The number of para-hydroxylation sites is 1. The maximum absolute atomic E-state index is 9.02. The van der Waals surface area contributed by atoms with E-state index in [1.807, 2.05) is 48.6 Å². The molecule has 0 saturated carbocycles. The van der Waals surface area contributed by atoms with E-state index < -0.39 is 0 Å². The molecule has 3 aromatic rings. The predicted octanol–water partition coefficient (Wildman–Crippen LogP) is 3.51. The maximum Gasteiger partial charge on any atom is 0.176 e. The molecule has 6 heteroatoms. The van der Waals surface area contributed by atoms with Gasteiger partial charge in [0.05, 0.1) is 18.6 Å². The Hall–Kier alpha value is -2.83. The normalized spacial score (nSPS) is 15.4. The lowest BCUT2D eigenvalue weighted by Gasteiger charge is -2.34. The molecule has 152 valence electrons. The Bertz CT molecular complexity index is 974. The molecule has 4 rings (SSSR count). The van der Waals surface area contributed by atoms with Gasteiger partial charge in [0.15, 0.2) is 11.4 Å². The Labute approximate surface area is 171 Å². The van der Waals surface area contributed by atoms with E-state index in [1.165, 1.54) is 0 Å². The number of ether oxygens (including phenoxy) is 1. The summed E-state index contributed by atoms with van der Waals surface area (Å²) in [6.07, 6.45) is 5.72. The molecular formula is C23H27N3O3. The first-order valence-electron chi connectivity index (χ1n) is 10.1. The molecule has 1 aliphatic heterocycles. The number of aliphatic hydroxyl groups is 1. The average molecular weight is 393 g/mol. The minimum atomic E-state index is -0.00852. The number of rotatable bonds is 7. The highest BCUT2D eigenvalue weighted by molar-refractivity contribution is 5.89. The van der Waals surface area contributed by atoms with Crippen molar-refractivity contribution < 1.29 is 14.3 Å². The first kappa shape index (κ1) is 19.5. The predicted molar refractivity (Wildman–Crippen MR) is 116 cm³/mol. The number of anilines is 1. The number of benzene rings is 1. The van der Waals surface area contributed by atoms with E-state index in [4.69, 9.17) is 19.2 Å². The van der Waals surface area contributed by atoms with E-state index in [-0.39, 0.29) is 13.2 Å². The molecule has 0 bridgehead atoms. The summed E-state index contributed by atoms with van der Waals surface area (Å²) in [5.74, 6) is 1.66. The zero-order chi connectivity index (χ0) is 20.1. The van der Waals surface area contributed by atoms with Gasteiger partial charge in [-0.2, -0.15) is 0 Å². The van der Waals surface area contributed by atoms with Crippen LogP contribution in [0.3, 0.4) is 0 Å². The van der Waals surface area contributed by atoms with Crippen LogP contribution in [-0.2, 0) is 0 Å². The van der Waals surface area contributed by atoms with E-state index in [0.29, 0.717) is 0 Å². The summed E-state index contributed by atoms with van der Waals surface area (Å²) in [6, 6.07) is 11.8. The fourth-order valence-electron chi connectivity index (χ4n) is 3.64. The second-order valence-electron chi connectivity index (χ2n) is 7.07. The van der Waals surface area contributed by atoms with Crippen molar-refractivity contribution in [3.63, 3.8) is 0 Å². The summed E-state index contributed by atoms with van der Waals surface area (Å²) >= 11 is 0. The molecule has 0 unspecified atom stereocenters. The zero-order valence-corrected chi connectivity index (χ0v) is 16.8. The number of hydrogen-bond donors (Lipinski definition) is 1. The van der Waals surface area contributed by atoms with Crippen LogP contribution in [-0.4, -0.2) is 60.9 Å². The number of aromatic nitrogens is 1. The number of likely N-dealkylation sites (N-methyl/N-ethyl adjacent to an activating group) is 1. The molecule has 29 heavy (non-hydrogen) atoms. The van der Waals surface area contributed by atoms with Gasteiger partial charge in [0.25, 0.3) is 0 Å². The van der Waals surface area contributed by atoms with Crippen molar-refractivity contribution >= 4 is 28.9 Å². The maximum atomic E-state index is 9.02. The summed E-state index contributed by atoms with van der Waals surface area (Å²) in [5, 5.41) is 10.1. The monoisotopic (exact) mass is 393 g/mol. The first-order valence-corrected chi connectivity index (χ1v) is 10.1. The Balaban J connectivity index is 1.61. The fraction of sp³-hybridized carbons (Fsp3) is 0.348. The van der Waals surface area contributed by atoms with Crippen molar-refractivity contribution in [3.05, 3.63) is 53.9 Å². The molecule has 1 fully saturated rings. The van der Waals surface area contributed by atoms with Crippen LogP contribution in [0.15, 0.2) is 47.1 Å². The van der Waals surface area contributed by atoms with Crippen LogP contribution in [0.25, 0.3) is 23.1 Å². The Morgan fingerprint density at radius 2 is 1.97 bits per heavy atom. The van der Waals surface area contributed by atoms with Crippen LogP contribution in [0.1, 0.15) is 18.2 Å². The van der Waals surface area contributed by atoms with Crippen LogP contribution < -0.4 is 9.64 Å². The summed E-state index contributed by atoms with van der Waals surface area (Å²) in [4.78, 5) is 9.66. The lowest BCUT2D eigenvalue weighted by molar-refractivity contribution is 0.201. The van der Waals surface area contributed by atoms with Gasteiger partial charge < -0.3 is 24.1 Å². The second-order valence-corrected chi connectivity index (χ2v) is 7.07. The number of furan rings is 1. The first-order chi connectivity index (χ1) is 14.3. The van der Waals surface area contributed by atoms with Gasteiger partial charge in [-0.1, -0.05) is 25.1 Å². The van der Waals surface area contributed by atoms with Gasteiger partial charge in [0.1, 0.15) is 12.4 Å². The molecule has 6 nitrogen and oxygen atoms in total. The fourth-order valence-corrected chi connectivity index (χ4v) is 3.64. The highest BCUT2D eigenvalue weighted by atomic mass is 16.5. The van der Waals surface area contributed by atoms with Crippen molar-refractivity contribution in [3.8, 4) is 5.75 Å². The molecule has 1 aromatic carbocycles. The summed E-state index contributed by atoms with van der Waals surface area (Å²) in [7, 11) is 0. The third kappa shape index (κ3) is 4.44. The van der Waals surface area contributed by atoms with Crippen molar-refractivity contribution in [2.45, 2.75) is 6.92 Å². The van der Waals surface area contributed by atoms with Gasteiger partial charge >= 0.3 is 0 Å². The Kier molecular flexibility index (Phi) is 6.12. The van der Waals surface area contributed by atoms with Crippen molar-refractivity contribution in [2.75, 3.05) is 50.8 Å². The van der Waals surface area contributed by atoms with Gasteiger partial charge in [0, 0.05) is 37.1 Å². The van der Waals surface area contributed by atoms with Gasteiger partial charge in [-0.15, -0.1) is 0 Å². The molecule has 1 aliphatic rings. The third-order valence-corrected chi connectivity index (χ3v) is 5.26. The second kappa shape index (κ2) is 9.11. The molecule has 0 radical (unpaired) electrons. The summed E-state index contributed by atoms with van der Waals surface area (Å²) in [5.41, 5.74) is 2.68. The zero-order valence-electron chi connectivity index (χ0n) is 16.8. The van der Waals surface area contributed by atoms with Crippen LogP contribution in [0.4, 0.5) is 5.82 Å². The number of hydrogen-bond acceptors (Lipinski definition) is 6.